The van der Waals surface area contributed by atoms with Crippen LogP contribution in [-0.2, 0) is 4.79 Å². The lowest BCUT2D eigenvalue weighted by Gasteiger charge is -2.10. The fourth-order valence-corrected chi connectivity index (χ4v) is 1.46. The Balaban J connectivity index is 2.07. The molecule has 1 amide bonds. The summed E-state index contributed by atoms with van der Waals surface area (Å²) in [5.74, 6) is 0.705. The van der Waals surface area contributed by atoms with Crippen molar-refractivity contribution >= 4 is 24.2 Å². The van der Waals surface area contributed by atoms with Crippen molar-refractivity contribution in [2.75, 3.05) is 12.4 Å². The van der Waals surface area contributed by atoms with Gasteiger partial charge in [0.2, 0.25) is 5.91 Å². The van der Waals surface area contributed by atoms with Gasteiger partial charge in [-0.3, -0.25) is 4.79 Å². The van der Waals surface area contributed by atoms with Crippen molar-refractivity contribution in [3.05, 3.63) is 24.3 Å². The maximum absolute atomic E-state index is 11.7. The predicted octanol–water partition coefficient (Wildman–Crippen LogP) is 2.10. The zero-order valence-corrected chi connectivity index (χ0v) is 9.38. The minimum Gasteiger partial charge on any atom is -0.497 e. The number of carbonyl (C=O) groups is 1. The Morgan fingerprint density at radius 1 is 1.53 bits per heavy atom. The second kappa shape index (κ2) is 3.77. The molecule has 0 bridgehead atoms. The highest BCUT2D eigenvalue weighted by Crippen LogP contribution is 2.42. The Hall–Kier alpha value is -1.16. The summed E-state index contributed by atoms with van der Waals surface area (Å²) in [6, 6.07) is 7.30. The van der Waals surface area contributed by atoms with E-state index in [0.29, 0.717) is 0 Å². The molecule has 1 N–H and O–H groups in total. The molecule has 1 aliphatic rings. The molecule has 0 heterocycles. The SMILES string of the molecule is COc1cccc(NC(=O)C2(S)CC2)c1. The summed E-state index contributed by atoms with van der Waals surface area (Å²) in [4.78, 5) is 11.7. The number of ether oxygens (including phenoxy) is 1. The molecule has 15 heavy (non-hydrogen) atoms. The Morgan fingerprint density at radius 3 is 2.87 bits per heavy atom. The van der Waals surface area contributed by atoms with Gasteiger partial charge in [0.15, 0.2) is 0 Å². The van der Waals surface area contributed by atoms with E-state index in [0.717, 1.165) is 24.3 Å². The van der Waals surface area contributed by atoms with Gasteiger partial charge < -0.3 is 10.1 Å². The Kier molecular flexibility index (Phi) is 2.61. The number of hydrogen-bond acceptors (Lipinski definition) is 3. The molecule has 0 radical (unpaired) electrons. The molecule has 0 unspecified atom stereocenters. The number of anilines is 1. The molecule has 1 aromatic carbocycles. The first-order valence-corrected chi connectivity index (χ1v) is 5.27. The van der Waals surface area contributed by atoms with E-state index >= 15 is 0 Å². The van der Waals surface area contributed by atoms with Crippen LogP contribution in [0.25, 0.3) is 0 Å². The van der Waals surface area contributed by atoms with Crippen molar-refractivity contribution < 1.29 is 9.53 Å². The standard InChI is InChI=1S/C11H13NO2S/c1-14-9-4-2-3-8(7-9)12-10(13)11(15)5-6-11/h2-4,7,15H,5-6H2,1H3,(H,12,13). The van der Waals surface area contributed by atoms with Crippen LogP contribution in [0.5, 0.6) is 5.75 Å². The smallest absolute Gasteiger partial charge is 0.240 e. The van der Waals surface area contributed by atoms with Crippen LogP contribution < -0.4 is 10.1 Å². The third kappa shape index (κ3) is 2.26. The van der Waals surface area contributed by atoms with Gasteiger partial charge in [-0.25, -0.2) is 0 Å². The van der Waals surface area contributed by atoms with Gasteiger partial charge >= 0.3 is 0 Å². The third-order valence-electron chi connectivity index (χ3n) is 2.47. The highest BCUT2D eigenvalue weighted by atomic mass is 32.1. The summed E-state index contributed by atoms with van der Waals surface area (Å²) in [6.45, 7) is 0. The van der Waals surface area contributed by atoms with Crippen molar-refractivity contribution in [3.8, 4) is 5.75 Å². The number of amides is 1. The van der Waals surface area contributed by atoms with E-state index in [1.54, 1.807) is 13.2 Å². The van der Waals surface area contributed by atoms with Crippen LogP contribution >= 0.6 is 12.6 Å². The molecule has 0 aromatic heterocycles. The summed E-state index contributed by atoms with van der Waals surface area (Å²) in [5, 5.41) is 2.82. The molecule has 0 atom stereocenters. The van der Waals surface area contributed by atoms with E-state index in [-0.39, 0.29) is 5.91 Å². The van der Waals surface area contributed by atoms with Crippen molar-refractivity contribution in [1.29, 1.82) is 0 Å². The van der Waals surface area contributed by atoms with E-state index in [4.69, 9.17) is 4.74 Å². The summed E-state index contributed by atoms with van der Waals surface area (Å²) < 4.78 is 4.63. The summed E-state index contributed by atoms with van der Waals surface area (Å²) in [5.41, 5.74) is 0.750. The van der Waals surface area contributed by atoms with Gasteiger partial charge in [-0.05, 0) is 25.0 Å². The molecule has 1 fully saturated rings. The van der Waals surface area contributed by atoms with E-state index in [1.807, 2.05) is 18.2 Å². The van der Waals surface area contributed by atoms with Crippen LogP contribution in [0.3, 0.4) is 0 Å². The van der Waals surface area contributed by atoms with E-state index < -0.39 is 4.75 Å². The largest absolute Gasteiger partial charge is 0.497 e. The maximum Gasteiger partial charge on any atom is 0.240 e. The molecule has 3 nitrogen and oxygen atoms in total. The molecule has 0 saturated heterocycles. The Morgan fingerprint density at radius 2 is 2.27 bits per heavy atom. The average molecular weight is 223 g/mol. The molecule has 1 saturated carbocycles. The molecule has 0 spiro atoms. The number of carbonyl (C=O) groups excluding carboxylic acids is 1. The summed E-state index contributed by atoms with van der Waals surface area (Å²) in [6.07, 6.45) is 1.71. The van der Waals surface area contributed by atoms with Gasteiger partial charge in [-0.15, -0.1) is 0 Å². The van der Waals surface area contributed by atoms with Crippen molar-refractivity contribution in [3.63, 3.8) is 0 Å². The predicted molar refractivity (Wildman–Crippen MR) is 62.6 cm³/mol. The van der Waals surface area contributed by atoms with Crippen molar-refractivity contribution in [1.82, 2.24) is 0 Å². The van der Waals surface area contributed by atoms with Gasteiger partial charge in [0.25, 0.3) is 0 Å². The molecular weight excluding hydrogens is 210 g/mol. The number of hydrogen-bond donors (Lipinski definition) is 2. The lowest BCUT2D eigenvalue weighted by Crippen LogP contribution is -2.24. The molecule has 4 heteroatoms. The highest BCUT2D eigenvalue weighted by molar-refractivity contribution is 7.83. The van der Waals surface area contributed by atoms with Gasteiger partial charge in [0.05, 0.1) is 11.9 Å². The molecule has 80 valence electrons. The Bertz CT molecular complexity index is 388. The maximum atomic E-state index is 11.7. The number of thiol groups is 1. The molecule has 1 aromatic rings. The third-order valence-corrected chi connectivity index (χ3v) is 3.12. The normalized spacial score (nSPS) is 16.9. The van der Waals surface area contributed by atoms with Crippen LogP contribution in [-0.4, -0.2) is 17.8 Å². The van der Waals surface area contributed by atoms with Crippen LogP contribution in [0.4, 0.5) is 5.69 Å². The van der Waals surface area contributed by atoms with Crippen molar-refractivity contribution in [2.24, 2.45) is 0 Å². The van der Waals surface area contributed by atoms with E-state index in [9.17, 15) is 4.79 Å². The van der Waals surface area contributed by atoms with Gasteiger partial charge in [-0.2, -0.15) is 12.6 Å². The number of benzene rings is 1. The van der Waals surface area contributed by atoms with Gasteiger partial charge in [0, 0.05) is 11.8 Å². The number of rotatable bonds is 3. The quantitative estimate of drug-likeness (QED) is 0.770. The first kappa shape index (κ1) is 10.4. The summed E-state index contributed by atoms with van der Waals surface area (Å²) >= 11 is 4.30. The highest BCUT2D eigenvalue weighted by Gasteiger charge is 2.46. The Labute approximate surface area is 94.2 Å². The minimum absolute atomic E-state index is 0.0286. The van der Waals surface area contributed by atoms with Gasteiger partial charge in [0.1, 0.15) is 5.75 Å². The second-order valence-electron chi connectivity index (χ2n) is 3.72. The first-order chi connectivity index (χ1) is 7.14. The monoisotopic (exact) mass is 223 g/mol. The number of nitrogens with one attached hydrogen (secondary N) is 1. The van der Waals surface area contributed by atoms with Crippen LogP contribution in [0, 0.1) is 0 Å². The first-order valence-electron chi connectivity index (χ1n) is 4.82. The lowest BCUT2D eigenvalue weighted by molar-refractivity contribution is -0.116. The zero-order valence-electron chi connectivity index (χ0n) is 8.49. The summed E-state index contributed by atoms with van der Waals surface area (Å²) in [7, 11) is 1.60. The second-order valence-corrected chi connectivity index (χ2v) is 4.57. The zero-order chi connectivity index (χ0) is 10.9. The fourth-order valence-electron chi connectivity index (χ4n) is 1.29. The van der Waals surface area contributed by atoms with Gasteiger partial charge in [-0.1, -0.05) is 6.07 Å². The minimum atomic E-state index is -0.441. The van der Waals surface area contributed by atoms with Crippen LogP contribution in [0.15, 0.2) is 24.3 Å². The average Bonchev–Trinajstić information content (AvgIpc) is 2.98. The van der Waals surface area contributed by atoms with Crippen LogP contribution in [0.1, 0.15) is 12.8 Å². The lowest BCUT2D eigenvalue weighted by atomic mass is 10.3. The molecule has 2 rings (SSSR count). The number of methoxy groups -OCH3 is 1. The topological polar surface area (TPSA) is 38.3 Å². The fraction of sp³-hybridized carbons (Fsp3) is 0.364. The van der Waals surface area contributed by atoms with Crippen molar-refractivity contribution in [2.45, 2.75) is 17.6 Å². The van der Waals surface area contributed by atoms with Crippen LogP contribution in [0.2, 0.25) is 0 Å². The van der Waals surface area contributed by atoms with E-state index in [1.165, 1.54) is 0 Å². The molecular formula is C11H13NO2S. The molecule has 1 aliphatic carbocycles. The molecule has 0 aliphatic heterocycles. The van der Waals surface area contributed by atoms with E-state index in [2.05, 4.69) is 17.9 Å².